The van der Waals surface area contributed by atoms with Gasteiger partial charge in [-0.05, 0) is 24.3 Å². The summed E-state index contributed by atoms with van der Waals surface area (Å²) < 4.78 is 12.9. The van der Waals surface area contributed by atoms with Crippen molar-refractivity contribution in [2.45, 2.75) is 6.54 Å². The lowest BCUT2D eigenvalue weighted by atomic mass is 10.3. The van der Waals surface area contributed by atoms with Crippen molar-refractivity contribution in [2.24, 2.45) is 0 Å². The Kier molecular flexibility index (Phi) is 3.69. The molecule has 0 amide bonds. The molecule has 1 aromatic heterocycles. The molecule has 0 radical (unpaired) electrons. The molecule has 2 aromatic rings. The molecule has 1 nitrogen and oxygen atoms in total. The monoisotopic (exact) mass is 275 g/mol. The first-order valence-electron chi connectivity index (χ1n) is 4.57. The third-order valence-corrected chi connectivity index (χ3v) is 3.58. The Hall–Kier alpha value is -0.770. The average Bonchev–Trinajstić information content (AvgIpc) is 2.66. The van der Waals surface area contributed by atoms with Crippen molar-refractivity contribution >= 4 is 40.2 Å². The second-order valence-electron chi connectivity index (χ2n) is 3.21. The molecule has 84 valence electrons. The molecule has 0 atom stereocenters. The molecule has 0 saturated carbocycles. The number of benzene rings is 1. The summed E-state index contributed by atoms with van der Waals surface area (Å²) in [6.45, 7) is 0.652. The smallest absolute Gasteiger partial charge is 0.141 e. The number of nitrogens with one attached hydrogen (secondary N) is 1. The quantitative estimate of drug-likeness (QED) is 0.848. The van der Waals surface area contributed by atoms with Crippen molar-refractivity contribution in [2.75, 3.05) is 5.32 Å². The van der Waals surface area contributed by atoms with E-state index >= 15 is 0 Å². The second kappa shape index (κ2) is 5.04. The molecule has 0 fully saturated rings. The minimum atomic E-state index is -0.411. The van der Waals surface area contributed by atoms with Crippen LogP contribution in [0.3, 0.4) is 0 Å². The highest BCUT2D eigenvalue weighted by Gasteiger charge is 2.01. The van der Waals surface area contributed by atoms with Gasteiger partial charge in [0.1, 0.15) is 5.82 Å². The zero-order valence-corrected chi connectivity index (χ0v) is 10.5. The SMILES string of the molecule is Fc1ccc(NCc2cc(Cl)cs2)cc1Cl. The van der Waals surface area contributed by atoms with Gasteiger partial charge in [0.05, 0.1) is 10.0 Å². The second-order valence-corrected chi connectivity index (χ2v) is 5.05. The van der Waals surface area contributed by atoms with E-state index < -0.39 is 5.82 Å². The van der Waals surface area contributed by atoms with Crippen molar-refractivity contribution in [3.63, 3.8) is 0 Å². The number of hydrogen-bond acceptors (Lipinski definition) is 2. The molecule has 1 aromatic carbocycles. The molecular weight excluding hydrogens is 268 g/mol. The first-order chi connectivity index (χ1) is 7.65. The Labute approximate surface area is 107 Å². The van der Waals surface area contributed by atoms with Gasteiger partial charge in [-0.3, -0.25) is 0 Å². The highest BCUT2D eigenvalue weighted by molar-refractivity contribution is 7.10. The summed E-state index contributed by atoms with van der Waals surface area (Å²) >= 11 is 13.0. The van der Waals surface area contributed by atoms with E-state index in [0.717, 1.165) is 15.6 Å². The number of hydrogen-bond donors (Lipinski definition) is 1. The van der Waals surface area contributed by atoms with Crippen molar-refractivity contribution in [1.82, 2.24) is 0 Å². The van der Waals surface area contributed by atoms with Crippen LogP contribution >= 0.6 is 34.5 Å². The summed E-state index contributed by atoms with van der Waals surface area (Å²) in [5, 5.41) is 5.87. The van der Waals surface area contributed by atoms with Crippen molar-refractivity contribution in [3.05, 3.63) is 50.4 Å². The fourth-order valence-electron chi connectivity index (χ4n) is 1.24. The van der Waals surface area contributed by atoms with Gasteiger partial charge in [0.2, 0.25) is 0 Å². The molecule has 0 unspecified atom stereocenters. The van der Waals surface area contributed by atoms with Crippen LogP contribution in [0.25, 0.3) is 0 Å². The zero-order chi connectivity index (χ0) is 11.5. The van der Waals surface area contributed by atoms with E-state index in [2.05, 4.69) is 5.32 Å². The molecular formula is C11H8Cl2FNS. The van der Waals surface area contributed by atoms with Gasteiger partial charge in [-0.1, -0.05) is 23.2 Å². The van der Waals surface area contributed by atoms with E-state index in [-0.39, 0.29) is 5.02 Å². The maximum Gasteiger partial charge on any atom is 0.141 e. The Morgan fingerprint density at radius 2 is 2.06 bits per heavy atom. The molecule has 0 aliphatic rings. The van der Waals surface area contributed by atoms with Gasteiger partial charge >= 0.3 is 0 Å². The van der Waals surface area contributed by atoms with E-state index in [9.17, 15) is 4.39 Å². The Morgan fingerprint density at radius 3 is 2.69 bits per heavy atom. The Morgan fingerprint density at radius 1 is 1.25 bits per heavy atom. The highest BCUT2D eigenvalue weighted by atomic mass is 35.5. The predicted octanol–water partition coefficient (Wildman–Crippen LogP) is 4.81. The molecule has 0 aliphatic heterocycles. The number of anilines is 1. The molecule has 0 spiro atoms. The minimum Gasteiger partial charge on any atom is -0.380 e. The molecule has 0 aliphatic carbocycles. The van der Waals surface area contributed by atoms with Gasteiger partial charge in [0.15, 0.2) is 0 Å². The third kappa shape index (κ3) is 2.88. The number of halogens is 3. The molecule has 1 N–H and O–H groups in total. The summed E-state index contributed by atoms with van der Waals surface area (Å²) in [7, 11) is 0. The minimum absolute atomic E-state index is 0.120. The summed E-state index contributed by atoms with van der Waals surface area (Å²) in [5.41, 5.74) is 0.788. The van der Waals surface area contributed by atoms with E-state index in [1.807, 2.05) is 11.4 Å². The molecule has 0 saturated heterocycles. The van der Waals surface area contributed by atoms with Crippen LogP contribution < -0.4 is 5.32 Å². The molecule has 1 heterocycles. The lowest BCUT2D eigenvalue weighted by Gasteiger charge is -2.05. The van der Waals surface area contributed by atoms with Crippen LogP contribution in [0.15, 0.2) is 29.6 Å². The van der Waals surface area contributed by atoms with Gasteiger partial charge < -0.3 is 5.32 Å². The molecule has 2 rings (SSSR count). The summed E-state index contributed by atoms with van der Waals surface area (Å²) in [5.74, 6) is -0.411. The predicted molar refractivity (Wildman–Crippen MR) is 68.1 cm³/mol. The van der Waals surface area contributed by atoms with E-state index in [0.29, 0.717) is 6.54 Å². The van der Waals surface area contributed by atoms with Crippen LogP contribution in [-0.4, -0.2) is 0 Å². The van der Waals surface area contributed by atoms with Crippen molar-refractivity contribution in [1.29, 1.82) is 0 Å². The fraction of sp³-hybridized carbons (Fsp3) is 0.0909. The van der Waals surface area contributed by atoms with Crippen LogP contribution in [0, 0.1) is 5.82 Å². The van der Waals surface area contributed by atoms with Crippen LogP contribution in [0.5, 0.6) is 0 Å². The first kappa shape index (κ1) is 11.7. The van der Waals surface area contributed by atoms with Crippen LogP contribution in [-0.2, 0) is 6.54 Å². The summed E-state index contributed by atoms with van der Waals surface area (Å²) in [6, 6.07) is 6.44. The lowest BCUT2D eigenvalue weighted by molar-refractivity contribution is 0.628. The third-order valence-electron chi connectivity index (χ3n) is 2.01. The lowest BCUT2D eigenvalue weighted by Crippen LogP contribution is -1.97. The summed E-state index contributed by atoms with van der Waals surface area (Å²) in [6.07, 6.45) is 0. The van der Waals surface area contributed by atoms with Gasteiger partial charge in [-0.25, -0.2) is 4.39 Å². The van der Waals surface area contributed by atoms with E-state index in [4.69, 9.17) is 23.2 Å². The number of rotatable bonds is 3. The largest absolute Gasteiger partial charge is 0.380 e. The van der Waals surface area contributed by atoms with Gasteiger partial charge in [-0.15, -0.1) is 11.3 Å². The number of thiophene rings is 1. The first-order valence-corrected chi connectivity index (χ1v) is 6.20. The normalized spacial score (nSPS) is 10.4. The van der Waals surface area contributed by atoms with Crippen LogP contribution in [0.1, 0.15) is 4.88 Å². The average molecular weight is 276 g/mol. The molecule has 0 bridgehead atoms. The van der Waals surface area contributed by atoms with E-state index in [1.165, 1.54) is 6.07 Å². The highest BCUT2D eigenvalue weighted by Crippen LogP contribution is 2.22. The van der Waals surface area contributed by atoms with Crippen LogP contribution in [0.4, 0.5) is 10.1 Å². The molecule has 5 heteroatoms. The van der Waals surface area contributed by atoms with Gasteiger partial charge in [0, 0.05) is 22.5 Å². The van der Waals surface area contributed by atoms with Crippen molar-refractivity contribution < 1.29 is 4.39 Å². The van der Waals surface area contributed by atoms with Gasteiger partial charge in [-0.2, -0.15) is 0 Å². The Balaban J connectivity index is 2.02. The topological polar surface area (TPSA) is 12.0 Å². The summed E-state index contributed by atoms with van der Waals surface area (Å²) in [4.78, 5) is 1.12. The fourth-order valence-corrected chi connectivity index (χ4v) is 2.43. The zero-order valence-electron chi connectivity index (χ0n) is 8.14. The van der Waals surface area contributed by atoms with E-state index in [1.54, 1.807) is 23.5 Å². The van der Waals surface area contributed by atoms with Crippen LogP contribution in [0.2, 0.25) is 10.0 Å². The van der Waals surface area contributed by atoms with Crippen molar-refractivity contribution in [3.8, 4) is 0 Å². The molecule has 16 heavy (non-hydrogen) atoms. The maximum absolute atomic E-state index is 12.9. The standard InChI is InChI=1S/C11H8Cl2FNS/c12-7-3-9(16-6-7)5-15-8-1-2-11(14)10(13)4-8/h1-4,6,15H,5H2. The Bertz CT molecular complexity index is 498. The van der Waals surface area contributed by atoms with Gasteiger partial charge in [0.25, 0.3) is 0 Å². The maximum atomic E-state index is 12.9.